The molecule has 0 N–H and O–H groups in total. The van der Waals surface area contributed by atoms with E-state index in [2.05, 4.69) is 57.1 Å². The zero-order chi connectivity index (χ0) is 12.2. The van der Waals surface area contributed by atoms with Crippen LogP contribution in [0.3, 0.4) is 0 Å². The molecule has 0 atom stereocenters. The van der Waals surface area contributed by atoms with Crippen LogP contribution in [0.5, 0.6) is 0 Å². The number of halogens is 1. The second-order valence-corrected chi connectivity index (χ2v) is 4.43. The van der Waals surface area contributed by atoms with Gasteiger partial charge in [-0.25, -0.2) is 0 Å². The molecule has 0 fully saturated rings. The van der Waals surface area contributed by atoms with Crippen LogP contribution in [0.4, 0.5) is 0 Å². The summed E-state index contributed by atoms with van der Waals surface area (Å²) in [5.41, 5.74) is 1.37. The highest BCUT2D eigenvalue weighted by atomic mass is 35.5. The first-order chi connectivity index (χ1) is 7.70. The summed E-state index contributed by atoms with van der Waals surface area (Å²) in [6, 6.07) is 10.5. The van der Waals surface area contributed by atoms with Crippen molar-refractivity contribution in [3.8, 4) is 0 Å². The van der Waals surface area contributed by atoms with E-state index in [4.69, 9.17) is 0 Å². The zero-order valence-corrected chi connectivity index (χ0v) is 12.6. The largest absolute Gasteiger partial charge is 0.305 e. The fraction of sp³-hybridized carbons (Fsp3) is 0.600. The normalized spacial score (nSPS) is 9.24. The molecule has 0 spiro atoms. The number of unbranched alkanes of at least 4 members (excludes halogenated alkanes) is 3. The fourth-order valence-corrected chi connectivity index (χ4v) is 1.45. The minimum atomic E-state index is 0. The van der Waals surface area contributed by atoms with Crippen LogP contribution >= 0.6 is 12.4 Å². The molecular formula is C15H28ClN. The number of hydrogen-bond acceptors (Lipinski definition) is 1. The van der Waals surface area contributed by atoms with Crippen molar-refractivity contribution in [2.24, 2.45) is 0 Å². The molecule has 0 amide bonds. The molecule has 0 aliphatic heterocycles. The van der Waals surface area contributed by atoms with Gasteiger partial charge in [0.1, 0.15) is 0 Å². The molecule has 0 saturated heterocycles. The average Bonchev–Trinajstić information content (AvgIpc) is 2.28. The van der Waals surface area contributed by atoms with Crippen molar-refractivity contribution in [3.05, 3.63) is 35.9 Å². The van der Waals surface area contributed by atoms with Gasteiger partial charge < -0.3 is 4.90 Å². The van der Waals surface area contributed by atoms with Crippen LogP contribution in [0.25, 0.3) is 0 Å². The maximum Gasteiger partial charge on any atom is 0.0227 e. The van der Waals surface area contributed by atoms with Crippen LogP contribution in [-0.4, -0.2) is 19.0 Å². The van der Waals surface area contributed by atoms with Gasteiger partial charge in [0.25, 0.3) is 0 Å². The molecule has 0 aromatic heterocycles. The van der Waals surface area contributed by atoms with Crippen molar-refractivity contribution in [3.63, 3.8) is 0 Å². The Morgan fingerprint density at radius 2 is 1.35 bits per heavy atom. The Kier molecular flexibility index (Phi) is 15.0. The maximum atomic E-state index is 2.23. The van der Waals surface area contributed by atoms with E-state index < -0.39 is 0 Å². The van der Waals surface area contributed by atoms with Gasteiger partial charge in [-0.3, -0.25) is 0 Å². The molecule has 1 aromatic rings. The lowest BCUT2D eigenvalue weighted by molar-refractivity contribution is 0.402. The third-order valence-corrected chi connectivity index (χ3v) is 2.30. The monoisotopic (exact) mass is 257 g/mol. The van der Waals surface area contributed by atoms with Gasteiger partial charge in [0, 0.05) is 6.54 Å². The van der Waals surface area contributed by atoms with Gasteiger partial charge in [0.2, 0.25) is 0 Å². The quantitative estimate of drug-likeness (QED) is 0.688. The fourth-order valence-electron chi connectivity index (χ4n) is 1.45. The molecule has 1 aromatic carbocycles. The van der Waals surface area contributed by atoms with Crippen LogP contribution in [-0.2, 0) is 6.54 Å². The number of benzene rings is 1. The van der Waals surface area contributed by atoms with Crippen LogP contribution in [0, 0.1) is 0 Å². The van der Waals surface area contributed by atoms with Crippen LogP contribution < -0.4 is 0 Å². The minimum Gasteiger partial charge on any atom is -0.305 e. The summed E-state index contributed by atoms with van der Waals surface area (Å²) in [7, 11) is 4.15. The van der Waals surface area contributed by atoms with E-state index in [0.717, 1.165) is 6.54 Å². The van der Waals surface area contributed by atoms with Crippen LogP contribution in [0.1, 0.15) is 45.1 Å². The van der Waals surface area contributed by atoms with Gasteiger partial charge in [-0.15, -0.1) is 12.4 Å². The first kappa shape index (κ1) is 18.8. The first-order valence-corrected chi connectivity index (χ1v) is 6.39. The van der Waals surface area contributed by atoms with Crippen molar-refractivity contribution in [2.75, 3.05) is 14.1 Å². The van der Waals surface area contributed by atoms with Crippen molar-refractivity contribution in [1.82, 2.24) is 4.90 Å². The van der Waals surface area contributed by atoms with Gasteiger partial charge in [0.15, 0.2) is 0 Å². The molecular weight excluding hydrogens is 230 g/mol. The summed E-state index contributed by atoms with van der Waals surface area (Å²) in [5, 5.41) is 0. The highest BCUT2D eigenvalue weighted by molar-refractivity contribution is 5.85. The topological polar surface area (TPSA) is 3.24 Å². The van der Waals surface area contributed by atoms with Crippen molar-refractivity contribution < 1.29 is 0 Å². The Balaban J connectivity index is 0. The Bertz CT molecular complexity index is 230. The molecule has 0 aliphatic rings. The first-order valence-electron chi connectivity index (χ1n) is 6.39. The predicted octanol–water partition coefficient (Wildman–Crippen LogP) is 4.76. The van der Waals surface area contributed by atoms with Gasteiger partial charge in [0.05, 0.1) is 0 Å². The number of hydrogen-bond donors (Lipinski definition) is 0. The predicted molar refractivity (Wildman–Crippen MR) is 80.9 cm³/mol. The molecule has 0 saturated carbocycles. The lowest BCUT2D eigenvalue weighted by atomic mass is 10.2. The lowest BCUT2D eigenvalue weighted by Gasteiger charge is -2.08. The van der Waals surface area contributed by atoms with E-state index in [0.29, 0.717) is 0 Å². The molecule has 0 radical (unpaired) electrons. The standard InChI is InChI=1S/C9H13N.C6H14.ClH/c1-10(2)8-9-6-4-3-5-7-9;1-3-5-6-4-2;/h3-7H,8H2,1-2H3;3-6H2,1-2H3;1H. The maximum absolute atomic E-state index is 2.23. The smallest absolute Gasteiger partial charge is 0.0227 e. The average molecular weight is 258 g/mol. The van der Waals surface area contributed by atoms with Crippen molar-refractivity contribution in [2.45, 2.75) is 46.1 Å². The van der Waals surface area contributed by atoms with Gasteiger partial charge in [-0.05, 0) is 19.7 Å². The van der Waals surface area contributed by atoms with E-state index in [-0.39, 0.29) is 12.4 Å². The van der Waals surface area contributed by atoms with Gasteiger partial charge >= 0.3 is 0 Å². The summed E-state index contributed by atoms with van der Waals surface area (Å²) in [6.45, 7) is 5.49. The van der Waals surface area contributed by atoms with Crippen LogP contribution in [0.2, 0.25) is 0 Å². The Morgan fingerprint density at radius 3 is 1.71 bits per heavy atom. The molecule has 1 nitrogen and oxygen atoms in total. The zero-order valence-electron chi connectivity index (χ0n) is 11.8. The van der Waals surface area contributed by atoms with Crippen LogP contribution in [0.15, 0.2) is 30.3 Å². The second-order valence-electron chi connectivity index (χ2n) is 4.43. The summed E-state index contributed by atoms with van der Waals surface area (Å²) in [5.74, 6) is 0. The Labute approximate surface area is 114 Å². The molecule has 0 aliphatic carbocycles. The number of rotatable bonds is 5. The molecule has 0 heterocycles. The van der Waals surface area contributed by atoms with Crippen molar-refractivity contribution in [1.29, 1.82) is 0 Å². The van der Waals surface area contributed by atoms with E-state index in [1.807, 2.05) is 6.07 Å². The van der Waals surface area contributed by atoms with E-state index >= 15 is 0 Å². The highest BCUT2D eigenvalue weighted by Gasteiger charge is 1.90. The summed E-state index contributed by atoms with van der Waals surface area (Å²) >= 11 is 0. The third kappa shape index (κ3) is 13.4. The Hall–Kier alpha value is -0.530. The molecule has 0 unspecified atom stereocenters. The van der Waals surface area contributed by atoms with E-state index in [1.165, 1.54) is 31.2 Å². The van der Waals surface area contributed by atoms with Gasteiger partial charge in [-0.2, -0.15) is 0 Å². The van der Waals surface area contributed by atoms with Crippen molar-refractivity contribution >= 4 is 12.4 Å². The summed E-state index contributed by atoms with van der Waals surface area (Å²) in [4.78, 5) is 2.16. The summed E-state index contributed by atoms with van der Waals surface area (Å²) in [6.07, 6.45) is 5.54. The minimum absolute atomic E-state index is 0. The third-order valence-electron chi connectivity index (χ3n) is 2.30. The summed E-state index contributed by atoms with van der Waals surface area (Å²) < 4.78 is 0. The van der Waals surface area contributed by atoms with E-state index in [9.17, 15) is 0 Å². The molecule has 17 heavy (non-hydrogen) atoms. The molecule has 1 rings (SSSR count). The highest BCUT2D eigenvalue weighted by Crippen LogP contribution is 1.99. The SMILES string of the molecule is CCCCCC.CN(C)Cc1ccccc1.Cl. The molecule has 100 valence electrons. The lowest BCUT2D eigenvalue weighted by Crippen LogP contribution is -2.10. The van der Waals surface area contributed by atoms with E-state index in [1.54, 1.807) is 0 Å². The second kappa shape index (κ2) is 13.5. The van der Waals surface area contributed by atoms with Gasteiger partial charge in [-0.1, -0.05) is 69.9 Å². The number of nitrogens with zero attached hydrogens (tertiary/aromatic N) is 1. The Morgan fingerprint density at radius 1 is 0.882 bits per heavy atom. The molecule has 0 bridgehead atoms. The molecule has 2 heteroatoms.